The lowest BCUT2D eigenvalue weighted by Crippen LogP contribution is -2.42. The quantitative estimate of drug-likeness (QED) is 0.795. The molecule has 0 aliphatic heterocycles. The molecule has 0 atom stereocenters. The zero-order valence-electron chi connectivity index (χ0n) is 15.1. The number of amides is 1. The number of hydrogen-bond acceptors (Lipinski definition) is 3. The molecule has 134 valence electrons. The Morgan fingerprint density at radius 1 is 0.960 bits per heavy atom. The van der Waals surface area contributed by atoms with Gasteiger partial charge in [-0.25, -0.2) is 8.42 Å². The predicted octanol–water partition coefficient (Wildman–Crippen LogP) is 3.12. The van der Waals surface area contributed by atoms with Gasteiger partial charge in [-0.2, -0.15) is 0 Å². The first-order valence-corrected chi connectivity index (χ1v) is 9.99. The Morgan fingerprint density at radius 2 is 1.60 bits per heavy atom. The predicted molar refractivity (Wildman–Crippen MR) is 103 cm³/mol. The van der Waals surface area contributed by atoms with Gasteiger partial charge in [0.05, 0.1) is 11.9 Å². The zero-order chi connectivity index (χ0) is 18.6. The van der Waals surface area contributed by atoms with Crippen LogP contribution in [-0.2, 0) is 14.8 Å². The van der Waals surface area contributed by atoms with Crippen molar-refractivity contribution in [3.05, 3.63) is 59.7 Å². The van der Waals surface area contributed by atoms with Gasteiger partial charge >= 0.3 is 0 Å². The van der Waals surface area contributed by atoms with Crippen molar-refractivity contribution in [1.29, 1.82) is 0 Å². The molecule has 0 aromatic heterocycles. The molecule has 6 heteroatoms. The Kier molecular flexibility index (Phi) is 5.85. The number of rotatable bonds is 6. The van der Waals surface area contributed by atoms with E-state index in [2.05, 4.69) is 0 Å². The van der Waals surface area contributed by atoms with Crippen molar-refractivity contribution < 1.29 is 13.2 Å². The van der Waals surface area contributed by atoms with Crippen molar-refractivity contribution in [2.75, 3.05) is 28.6 Å². The summed E-state index contributed by atoms with van der Waals surface area (Å²) in [4.78, 5) is 14.4. The van der Waals surface area contributed by atoms with Gasteiger partial charge in [-0.15, -0.1) is 0 Å². The number of carbonyl (C=O) groups is 1. The Balaban J connectivity index is 2.34. The van der Waals surface area contributed by atoms with Crippen LogP contribution in [0.1, 0.15) is 18.1 Å². The molecule has 0 saturated carbocycles. The minimum atomic E-state index is -3.58. The van der Waals surface area contributed by atoms with E-state index < -0.39 is 10.0 Å². The molecule has 0 fully saturated rings. The third-order valence-corrected chi connectivity index (χ3v) is 5.28. The minimum Gasteiger partial charge on any atom is -0.311 e. The molecule has 0 bridgehead atoms. The molecule has 0 aliphatic rings. The second-order valence-corrected chi connectivity index (χ2v) is 7.92. The molecule has 0 aliphatic carbocycles. The molecule has 0 N–H and O–H groups in total. The van der Waals surface area contributed by atoms with Gasteiger partial charge in [0, 0.05) is 12.2 Å². The number of hydrogen-bond donors (Lipinski definition) is 0. The Labute approximate surface area is 149 Å². The van der Waals surface area contributed by atoms with Gasteiger partial charge in [-0.1, -0.05) is 24.3 Å². The normalized spacial score (nSPS) is 11.2. The summed E-state index contributed by atoms with van der Waals surface area (Å²) in [6.07, 6.45) is 1.12. The molecule has 0 heterocycles. The lowest BCUT2D eigenvalue weighted by molar-refractivity contribution is -0.117. The SMILES string of the molecule is CCN(C(=O)CN(c1ccc(C)c(C)c1)S(C)(=O)=O)c1ccccc1. The Bertz CT molecular complexity index is 848. The lowest BCUT2D eigenvalue weighted by atomic mass is 10.1. The average Bonchev–Trinajstić information content (AvgIpc) is 2.56. The maximum absolute atomic E-state index is 12.8. The van der Waals surface area contributed by atoms with Crippen LogP contribution < -0.4 is 9.21 Å². The van der Waals surface area contributed by atoms with Crippen molar-refractivity contribution in [3.63, 3.8) is 0 Å². The van der Waals surface area contributed by atoms with Crippen LogP contribution in [0.2, 0.25) is 0 Å². The number of carbonyl (C=O) groups excluding carboxylic acids is 1. The van der Waals surface area contributed by atoms with E-state index in [0.29, 0.717) is 12.2 Å². The number of para-hydroxylation sites is 1. The van der Waals surface area contributed by atoms with Gasteiger partial charge in [-0.3, -0.25) is 9.10 Å². The lowest BCUT2D eigenvalue weighted by Gasteiger charge is -2.27. The second kappa shape index (κ2) is 7.70. The maximum Gasteiger partial charge on any atom is 0.247 e. The first-order valence-electron chi connectivity index (χ1n) is 8.14. The van der Waals surface area contributed by atoms with Gasteiger partial charge in [0.15, 0.2) is 0 Å². The van der Waals surface area contributed by atoms with Gasteiger partial charge in [0.25, 0.3) is 0 Å². The van der Waals surface area contributed by atoms with Crippen molar-refractivity contribution in [3.8, 4) is 0 Å². The van der Waals surface area contributed by atoms with Crippen LogP contribution in [-0.4, -0.2) is 33.7 Å². The topological polar surface area (TPSA) is 57.7 Å². The molecule has 5 nitrogen and oxygen atoms in total. The van der Waals surface area contributed by atoms with Crippen LogP contribution in [0.5, 0.6) is 0 Å². The van der Waals surface area contributed by atoms with E-state index in [9.17, 15) is 13.2 Å². The van der Waals surface area contributed by atoms with Crippen molar-refractivity contribution in [1.82, 2.24) is 0 Å². The van der Waals surface area contributed by atoms with Crippen LogP contribution in [0, 0.1) is 13.8 Å². The third kappa shape index (κ3) is 4.60. The van der Waals surface area contributed by atoms with Gasteiger partial charge in [0.1, 0.15) is 6.54 Å². The van der Waals surface area contributed by atoms with E-state index in [0.717, 1.165) is 27.4 Å². The van der Waals surface area contributed by atoms with Crippen molar-refractivity contribution >= 4 is 27.3 Å². The van der Waals surface area contributed by atoms with Crippen molar-refractivity contribution in [2.45, 2.75) is 20.8 Å². The van der Waals surface area contributed by atoms with Crippen LogP contribution in [0.15, 0.2) is 48.5 Å². The van der Waals surface area contributed by atoms with Crippen LogP contribution in [0.4, 0.5) is 11.4 Å². The molecule has 0 radical (unpaired) electrons. The van der Waals surface area contributed by atoms with Crippen LogP contribution >= 0.6 is 0 Å². The van der Waals surface area contributed by atoms with Gasteiger partial charge < -0.3 is 4.90 Å². The molecule has 2 aromatic carbocycles. The molecular weight excluding hydrogens is 336 g/mol. The zero-order valence-corrected chi connectivity index (χ0v) is 15.9. The van der Waals surface area contributed by atoms with Crippen LogP contribution in [0.25, 0.3) is 0 Å². The first kappa shape index (κ1) is 19.0. The first-order chi connectivity index (χ1) is 11.7. The summed E-state index contributed by atoms with van der Waals surface area (Å²) < 4.78 is 25.7. The highest BCUT2D eigenvalue weighted by atomic mass is 32.2. The molecule has 25 heavy (non-hydrogen) atoms. The summed E-state index contributed by atoms with van der Waals surface area (Å²) >= 11 is 0. The number of sulfonamides is 1. The van der Waals surface area contributed by atoms with Gasteiger partial charge in [-0.05, 0) is 56.2 Å². The van der Waals surface area contributed by atoms with E-state index in [1.807, 2.05) is 57.2 Å². The average molecular weight is 360 g/mol. The Morgan fingerprint density at radius 3 is 2.12 bits per heavy atom. The van der Waals surface area contributed by atoms with E-state index in [4.69, 9.17) is 0 Å². The molecule has 0 unspecified atom stereocenters. The molecule has 2 aromatic rings. The second-order valence-electron chi connectivity index (χ2n) is 6.01. The largest absolute Gasteiger partial charge is 0.311 e. The number of nitrogens with zero attached hydrogens (tertiary/aromatic N) is 2. The summed E-state index contributed by atoms with van der Waals surface area (Å²) in [5.74, 6) is -0.266. The summed E-state index contributed by atoms with van der Waals surface area (Å²) in [7, 11) is -3.58. The van der Waals surface area contributed by atoms with Crippen LogP contribution in [0.3, 0.4) is 0 Å². The highest BCUT2D eigenvalue weighted by molar-refractivity contribution is 7.92. The monoisotopic (exact) mass is 360 g/mol. The molecular formula is C19H24N2O3S. The fourth-order valence-electron chi connectivity index (χ4n) is 2.60. The number of anilines is 2. The van der Waals surface area contributed by atoms with E-state index in [1.165, 1.54) is 0 Å². The fraction of sp³-hybridized carbons (Fsp3) is 0.316. The molecule has 2 rings (SSSR count). The number of likely N-dealkylation sites (N-methyl/N-ethyl adjacent to an activating group) is 1. The Hall–Kier alpha value is -2.34. The van der Waals surface area contributed by atoms with Crippen molar-refractivity contribution in [2.24, 2.45) is 0 Å². The van der Waals surface area contributed by atoms with Gasteiger partial charge in [0.2, 0.25) is 15.9 Å². The highest BCUT2D eigenvalue weighted by Crippen LogP contribution is 2.22. The highest BCUT2D eigenvalue weighted by Gasteiger charge is 2.24. The number of benzene rings is 2. The summed E-state index contributed by atoms with van der Waals surface area (Å²) in [6, 6.07) is 14.6. The maximum atomic E-state index is 12.8. The molecule has 0 saturated heterocycles. The summed E-state index contributed by atoms with van der Waals surface area (Å²) in [5, 5.41) is 0. The van der Waals surface area contributed by atoms with E-state index in [1.54, 1.807) is 17.0 Å². The van der Waals surface area contributed by atoms with E-state index >= 15 is 0 Å². The smallest absolute Gasteiger partial charge is 0.247 e. The summed E-state index contributed by atoms with van der Waals surface area (Å²) in [5.41, 5.74) is 3.31. The fourth-order valence-corrected chi connectivity index (χ4v) is 3.44. The number of aryl methyl sites for hydroxylation is 2. The molecule has 1 amide bonds. The van der Waals surface area contributed by atoms with E-state index in [-0.39, 0.29) is 12.5 Å². The summed E-state index contributed by atoms with van der Waals surface area (Å²) in [6.45, 7) is 5.98. The standard InChI is InChI=1S/C19H24N2O3S/c1-5-20(17-9-7-6-8-10-17)19(22)14-21(25(4,23)24)18-12-11-15(2)16(3)13-18/h6-13H,5,14H2,1-4H3. The third-order valence-electron chi connectivity index (χ3n) is 4.14. The minimum absolute atomic E-state index is 0.232. The molecule has 0 spiro atoms.